The lowest BCUT2D eigenvalue weighted by atomic mass is 9.90. The van der Waals surface area contributed by atoms with Crippen LogP contribution in [0.1, 0.15) is 141 Å². The van der Waals surface area contributed by atoms with Crippen LogP contribution in [0.2, 0.25) is 0 Å². The molecule has 1 aromatic carbocycles. The summed E-state index contributed by atoms with van der Waals surface area (Å²) in [5.74, 6) is 0.623. The van der Waals surface area contributed by atoms with E-state index in [1.54, 1.807) is 0 Å². The number of hydrogen-bond acceptors (Lipinski definition) is 1. The summed E-state index contributed by atoms with van der Waals surface area (Å²) in [5.41, 5.74) is 1.45. The molecule has 0 aliphatic carbocycles. The molecule has 0 aliphatic heterocycles. The Morgan fingerprint density at radius 2 is 1.18 bits per heavy atom. The SMILES string of the molecule is CCCCCCCCCCCCCCCCCCCC(C(C)Cc1ccccc1)n1ccnc1. The average Bonchev–Trinajstić information content (AvgIpc) is 3.38. The number of nitrogens with zero attached hydrogens (tertiary/aromatic N) is 2. The van der Waals surface area contributed by atoms with Gasteiger partial charge >= 0.3 is 0 Å². The van der Waals surface area contributed by atoms with Gasteiger partial charge in [-0.25, -0.2) is 4.98 Å². The van der Waals surface area contributed by atoms with Crippen molar-refractivity contribution >= 4 is 0 Å². The molecule has 2 nitrogen and oxygen atoms in total. The minimum absolute atomic E-state index is 0.555. The Morgan fingerprint density at radius 1 is 0.676 bits per heavy atom. The van der Waals surface area contributed by atoms with E-state index in [4.69, 9.17) is 0 Å². The molecule has 2 heteroatoms. The maximum Gasteiger partial charge on any atom is 0.0948 e. The van der Waals surface area contributed by atoms with E-state index in [9.17, 15) is 0 Å². The molecule has 2 atom stereocenters. The van der Waals surface area contributed by atoms with Gasteiger partial charge in [0, 0.05) is 18.4 Å². The number of aromatic nitrogens is 2. The van der Waals surface area contributed by atoms with E-state index in [2.05, 4.69) is 59.9 Å². The van der Waals surface area contributed by atoms with E-state index in [1.807, 2.05) is 12.5 Å². The zero-order valence-electron chi connectivity index (χ0n) is 22.6. The largest absolute Gasteiger partial charge is 0.334 e. The summed E-state index contributed by atoms with van der Waals surface area (Å²) in [4.78, 5) is 4.32. The Kier molecular flexibility index (Phi) is 16.6. The van der Waals surface area contributed by atoms with E-state index >= 15 is 0 Å². The van der Waals surface area contributed by atoms with Crippen molar-refractivity contribution in [3.63, 3.8) is 0 Å². The lowest BCUT2D eigenvalue weighted by Crippen LogP contribution is -2.18. The lowest BCUT2D eigenvalue weighted by molar-refractivity contribution is 0.318. The second-order valence-electron chi connectivity index (χ2n) is 10.7. The molecule has 0 bridgehead atoms. The second-order valence-corrected chi connectivity index (χ2v) is 10.7. The van der Waals surface area contributed by atoms with Crippen LogP contribution in [0.15, 0.2) is 49.1 Å². The number of rotatable bonds is 22. The first-order valence-electron chi connectivity index (χ1n) is 14.8. The van der Waals surface area contributed by atoms with Gasteiger partial charge in [-0.05, 0) is 24.3 Å². The summed E-state index contributed by atoms with van der Waals surface area (Å²) in [7, 11) is 0. The highest BCUT2D eigenvalue weighted by molar-refractivity contribution is 5.15. The summed E-state index contributed by atoms with van der Waals surface area (Å²) in [6.07, 6.45) is 32.9. The third-order valence-electron chi connectivity index (χ3n) is 7.57. The first kappa shape index (κ1) is 28.7. The third kappa shape index (κ3) is 13.4. The minimum atomic E-state index is 0.555. The highest BCUT2D eigenvalue weighted by atomic mass is 15.1. The van der Waals surface area contributed by atoms with Gasteiger partial charge in [0.25, 0.3) is 0 Å². The fourth-order valence-electron chi connectivity index (χ4n) is 5.39. The lowest BCUT2D eigenvalue weighted by Gasteiger charge is -2.25. The van der Waals surface area contributed by atoms with Crippen LogP contribution in [0.25, 0.3) is 0 Å². The summed E-state index contributed by atoms with van der Waals surface area (Å²) >= 11 is 0. The molecule has 34 heavy (non-hydrogen) atoms. The first-order chi connectivity index (χ1) is 16.8. The number of unbranched alkanes of at least 4 members (excludes halogenated alkanes) is 16. The minimum Gasteiger partial charge on any atom is -0.334 e. The summed E-state index contributed by atoms with van der Waals surface area (Å²) in [5, 5.41) is 0. The van der Waals surface area contributed by atoms with Gasteiger partial charge in [0.05, 0.1) is 6.33 Å². The molecular formula is C32H54N2. The molecule has 0 saturated carbocycles. The van der Waals surface area contributed by atoms with Crippen molar-refractivity contribution in [1.29, 1.82) is 0 Å². The van der Waals surface area contributed by atoms with Gasteiger partial charge in [-0.2, -0.15) is 0 Å². The Balaban J connectivity index is 1.45. The van der Waals surface area contributed by atoms with Crippen LogP contribution in [0.3, 0.4) is 0 Å². The fourth-order valence-corrected chi connectivity index (χ4v) is 5.39. The molecule has 2 rings (SSSR count). The van der Waals surface area contributed by atoms with Crippen molar-refractivity contribution < 1.29 is 0 Å². The van der Waals surface area contributed by atoms with Crippen LogP contribution in [0, 0.1) is 5.92 Å². The van der Waals surface area contributed by atoms with E-state index in [-0.39, 0.29) is 0 Å². The highest BCUT2D eigenvalue weighted by Gasteiger charge is 2.18. The summed E-state index contributed by atoms with van der Waals surface area (Å²) < 4.78 is 2.35. The molecule has 0 amide bonds. The van der Waals surface area contributed by atoms with Crippen LogP contribution in [-0.4, -0.2) is 9.55 Å². The standard InChI is InChI=1S/C32H54N2/c1-3-4-5-6-7-8-9-10-11-12-13-14-15-16-17-18-22-25-32(34-27-26-33-29-34)30(2)28-31-23-20-19-21-24-31/h19-21,23-24,26-27,29-30,32H,3-18,22,25,28H2,1-2H3. The Labute approximate surface area is 212 Å². The highest BCUT2D eigenvalue weighted by Crippen LogP contribution is 2.28. The second kappa shape index (κ2) is 19.7. The van der Waals surface area contributed by atoms with Gasteiger partial charge in [0.15, 0.2) is 0 Å². The van der Waals surface area contributed by atoms with Crippen LogP contribution in [0.5, 0.6) is 0 Å². The molecule has 0 spiro atoms. The van der Waals surface area contributed by atoms with Gasteiger partial charge in [-0.15, -0.1) is 0 Å². The number of hydrogen-bond donors (Lipinski definition) is 0. The molecule has 0 saturated heterocycles. The van der Waals surface area contributed by atoms with Crippen LogP contribution in [0.4, 0.5) is 0 Å². The quantitative estimate of drug-likeness (QED) is 0.158. The average molecular weight is 467 g/mol. The van der Waals surface area contributed by atoms with Crippen LogP contribution in [-0.2, 0) is 6.42 Å². The zero-order valence-corrected chi connectivity index (χ0v) is 22.6. The first-order valence-corrected chi connectivity index (χ1v) is 14.8. The van der Waals surface area contributed by atoms with E-state index in [0.717, 1.165) is 6.42 Å². The Morgan fingerprint density at radius 3 is 1.65 bits per heavy atom. The topological polar surface area (TPSA) is 17.8 Å². The van der Waals surface area contributed by atoms with Crippen LogP contribution >= 0.6 is 0 Å². The summed E-state index contributed by atoms with van der Waals surface area (Å²) in [6, 6.07) is 11.5. The van der Waals surface area contributed by atoms with Crippen molar-refractivity contribution in [2.45, 2.75) is 142 Å². The normalized spacial score (nSPS) is 13.2. The Bertz CT molecular complexity index is 664. The summed E-state index contributed by atoms with van der Waals surface area (Å²) in [6.45, 7) is 4.71. The molecule has 1 heterocycles. The third-order valence-corrected chi connectivity index (χ3v) is 7.57. The van der Waals surface area contributed by atoms with Gasteiger partial charge in [-0.1, -0.05) is 153 Å². The van der Waals surface area contributed by atoms with E-state index in [1.165, 1.54) is 121 Å². The molecule has 0 aliphatic rings. The zero-order chi connectivity index (χ0) is 24.1. The molecular weight excluding hydrogens is 412 g/mol. The van der Waals surface area contributed by atoms with Crippen molar-refractivity contribution in [3.05, 3.63) is 54.6 Å². The van der Waals surface area contributed by atoms with Gasteiger partial charge in [0.1, 0.15) is 0 Å². The molecule has 0 fully saturated rings. The number of imidazole rings is 1. The monoisotopic (exact) mass is 466 g/mol. The molecule has 0 N–H and O–H groups in total. The van der Waals surface area contributed by atoms with Crippen molar-refractivity contribution in [1.82, 2.24) is 9.55 Å². The van der Waals surface area contributed by atoms with Gasteiger partial charge in [-0.3, -0.25) is 0 Å². The van der Waals surface area contributed by atoms with Crippen molar-refractivity contribution in [3.8, 4) is 0 Å². The molecule has 1 aromatic heterocycles. The molecule has 0 radical (unpaired) electrons. The fraction of sp³-hybridized carbons (Fsp3) is 0.719. The predicted octanol–water partition coefficient (Wildman–Crippen LogP) is 10.3. The predicted molar refractivity (Wildman–Crippen MR) is 149 cm³/mol. The maximum absolute atomic E-state index is 4.32. The van der Waals surface area contributed by atoms with Gasteiger partial charge < -0.3 is 4.57 Å². The van der Waals surface area contributed by atoms with Crippen molar-refractivity contribution in [2.24, 2.45) is 5.92 Å². The smallest absolute Gasteiger partial charge is 0.0948 e. The molecule has 2 aromatic rings. The van der Waals surface area contributed by atoms with E-state index < -0.39 is 0 Å². The van der Waals surface area contributed by atoms with Crippen LogP contribution < -0.4 is 0 Å². The molecule has 192 valence electrons. The van der Waals surface area contributed by atoms with E-state index in [0.29, 0.717) is 12.0 Å². The molecule has 2 unspecified atom stereocenters. The Hall–Kier alpha value is -1.57. The maximum atomic E-state index is 4.32. The number of benzene rings is 1. The van der Waals surface area contributed by atoms with Gasteiger partial charge in [0.2, 0.25) is 0 Å². The van der Waals surface area contributed by atoms with Crippen molar-refractivity contribution in [2.75, 3.05) is 0 Å².